The van der Waals surface area contributed by atoms with Gasteiger partial charge < -0.3 is 0 Å². The minimum absolute atomic E-state index is 0.568. The largest absolute Gasteiger partial charge is 0.246 e. The first kappa shape index (κ1) is 8.72. The fourth-order valence-electron chi connectivity index (χ4n) is 0.831. The number of thiazole rings is 1. The van der Waals surface area contributed by atoms with Crippen LogP contribution in [0, 0.1) is 0 Å². The highest BCUT2D eigenvalue weighted by atomic mass is 32.1. The molecule has 1 heterocycles. The third kappa shape index (κ3) is 2.03. The van der Waals surface area contributed by atoms with Gasteiger partial charge >= 0.3 is 0 Å². The maximum absolute atomic E-state index is 4.53. The summed E-state index contributed by atoms with van der Waals surface area (Å²) >= 11 is 1.77. The lowest BCUT2D eigenvalue weighted by Gasteiger charge is -1.99. The van der Waals surface area contributed by atoms with Crippen molar-refractivity contribution in [2.45, 2.75) is 39.5 Å². The molecule has 11 heavy (non-hydrogen) atoms. The van der Waals surface area contributed by atoms with E-state index >= 15 is 0 Å². The van der Waals surface area contributed by atoms with Crippen molar-refractivity contribution in [3.63, 3.8) is 0 Å². The van der Waals surface area contributed by atoms with Crippen molar-refractivity contribution in [1.29, 1.82) is 0 Å². The lowest BCUT2D eigenvalue weighted by molar-refractivity contribution is 0.793. The van der Waals surface area contributed by atoms with Crippen LogP contribution in [-0.4, -0.2) is 4.98 Å². The lowest BCUT2D eigenvalue weighted by Crippen LogP contribution is -1.90. The Bertz CT molecular complexity index is 203. The Morgan fingerprint density at radius 3 is 2.09 bits per heavy atom. The quantitative estimate of drug-likeness (QED) is 0.661. The van der Waals surface area contributed by atoms with Gasteiger partial charge in [-0.3, -0.25) is 0 Å². The molecule has 0 N–H and O–H groups in total. The Labute approximate surface area is 72.5 Å². The molecular weight excluding hydrogens is 154 g/mol. The van der Waals surface area contributed by atoms with Crippen molar-refractivity contribution >= 4 is 11.3 Å². The smallest absolute Gasteiger partial charge is 0.0953 e. The van der Waals surface area contributed by atoms with Gasteiger partial charge in [-0.1, -0.05) is 27.7 Å². The molecule has 1 aromatic heterocycles. The van der Waals surface area contributed by atoms with Crippen LogP contribution in [-0.2, 0) is 0 Å². The molecule has 0 aliphatic heterocycles. The first-order chi connectivity index (χ1) is 5.11. The fraction of sp³-hybridized carbons (Fsp3) is 0.667. The maximum atomic E-state index is 4.53. The van der Waals surface area contributed by atoms with E-state index in [1.165, 1.54) is 10.7 Å². The van der Waals surface area contributed by atoms with Crippen molar-refractivity contribution in [2.75, 3.05) is 0 Å². The van der Waals surface area contributed by atoms with Crippen molar-refractivity contribution in [3.05, 3.63) is 16.1 Å². The summed E-state index contributed by atoms with van der Waals surface area (Å²) in [7, 11) is 0. The van der Waals surface area contributed by atoms with Gasteiger partial charge in [0.25, 0.3) is 0 Å². The van der Waals surface area contributed by atoms with Crippen LogP contribution >= 0.6 is 11.3 Å². The minimum atomic E-state index is 0.568. The van der Waals surface area contributed by atoms with Crippen LogP contribution < -0.4 is 0 Å². The lowest BCUT2D eigenvalue weighted by atomic mass is 10.1. The number of hydrogen-bond acceptors (Lipinski definition) is 2. The van der Waals surface area contributed by atoms with Gasteiger partial charge in [0.05, 0.1) is 10.7 Å². The Morgan fingerprint density at radius 2 is 1.82 bits per heavy atom. The van der Waals surface area contributed by atoms with Crippen molar-refractivity contribution in [1.82, 2.24) is 4.98 Å². The van der Waals surface area contributed by atoms with Gasteiger partial charge in [-0.05, 0) is 5.92 Å². The molecular formula is C9H15NS. The van der Waals surface area contributed by atoms with E-state index in [1.807, 2.05) is 0 Å². The Kier molecular flexibility index (Phi) is 2.66. The maximum Gasteiger partial charge on any atom is 0.0953 e. The highest BCUT2D eigenvalue weighted by Crippen LogP contribution is 2.23. The predicted molar refractivity (Wildman–Crippen MR) is 50.3 cm³/mol. The van der Waals surface area contributed by atoms with E-state index in [2.05, 4.69) is 38.1 Å². The van der Waals surface area contributed by atoms with E-state index in [4.69, 9.17) is 0 Å². The molecule has 0 aliphatic carbocycles. The molecule has 1 nitrogen and oxygen atoms in total. The second-order valence-electron chi connectivity index (χ2n) is 3.42. The van der Waals surface area contributed by atoms with Crippen LogP contribution in [0.15, 0.2) is 5.38 Å². The van der Waals surface area contributed by atoms with E-state index in [-0.39, 0.29) is 0 Å². The molecule has 0 spiro atoms. The van der Waals surface area contributed by atoms with E-state index in [0.717, 1.165) is 0 Å². The van der Waals surface area contributed by atoms with E-state index in [9.17, 15) is 0 Å². The van der Waals surface area contributed by atoms with Gasteiger partial charge in [-0.2, -0.15) is 0 Å². The highest BCUT2D eigenvalue weighted by Gasteiger charge is 2.07. The highest BCUT2D eigenvalue weighted by molar-refractivity contribution is 7.09. The molecule has 0 bridgehead atoms. The summed E-state index contributed by atoms with van der Waals surface area (Å²) in [6.45, 7) is 8.73. The summed E-state index contributed by atoms with van der Waals surface area (Å²) in [6.07, 6.45) is 0. The molecule has 0 aromatic carbocycles. The van der Waals surface area contributed by atoms with Crippen LogP contribution in [0.25, 0.3) is 0 Å². The summed E-state index contributed by atoms with van der Waals surface area (Å²) in [6, 6.07) is 0. The normalized spacial score (nSPS) is 11.5. The summed E-state index contributed by atoms with van der Waals surface area (Å²) in [5.74, 6) is 1.14. The summed E-state index contributed by atoms with van der Waals surface area (Å²) < 4.78 is 0. The Morgan fingerprint density at radius 1 is 1.18 bits per heavy atom. The molecule has 1 rings (SSSR count). The molecule has 0 atom stereocenters. The van der Waals surface area contributed by atoms with Gasteiger partial charge in [0.2, 0.25) is 0 Å². The number of nitrogens with zero attached hydrogens (tertiary/aromatic N) is 1. The second kappa shape index (κ2) is 3.35. The minimum Gasteiger partial charge on any atom is -0.246 e. The van der Waals surface area contributed by atoms with Crippen LogP contribution in [0.3, 0.4) is 0 Å². The van der Waals surface area contributed by atoms with Crippen molar-refractivity contribution < 1.29 is 0 Å². The van der Waals surface area contributed by atoms with Crippen LogP contribution in [0.4, 0.5) is 0 Å². The van der Waals surface area contributed by atoms with Crippen LogP contribution in [0.1, 0.15) is 50.2 Å². The first-order valence-electron chi connectivity index (χ1n) is 4.06. The average Bonchev–Trinajstić information content (AvgIpc) is 2.33. The molecule has 0 radical (unpaired) electrons. The molecule has 62 valence electrons. The predicted octanol–water partition coefficient (Wildman–Crippen LogP) is 3.39. The molecule has 1 aromatic rings. The van der Waals surface area contributed by atoms with Gasteiger partial charge in [-0.15, -0.1) is 11.3 Å². The second-order valence-corrected chi connectivity index (χ2v) is 4.31. The number of rotatable bonds is 2. The van der Waals surface area contributed by atoms with Gasteiger partial charge in [0, 0.05) is 11.3 Å². The van der Waals surface area contributed by atoms with Gasteiger partial charge in [-0.25, -0.2) is 4.98 Å². The standard InChI is InChI=1S/C9H15NS/c1-6(2)8-5-11-9(10-8)7(3)4/h5-7H,1-4H3. The Balaban J connectivity index is 2.82. The summed E-state index contributed by atoms with van der Waals surface area (Å²) in [4.78, 5) is 4.53. The third-order valence-corrected chi connectivity index (χ3v) is 2.79. The zero-order valence-electron chi connectivity index (χ0n) is 7.59. The molecule has 0 fully saturated rings. The van der Waals surface area contributed by atoms with Gasteiger partial charge in [0.1, 0.15) is 0 Å². The third-order valence-electron chi connectivity index (χ3n) is 1.63. The molecule has 0 saturated carbocycles. The summed E-state index contributed by atoms with van der Waals surface area (Å²) in [5, 5.41) is 3.42. The zero-order chi connectivity index (χ0) is 8.43. The fourth-order valence-corrected chi connectivity index (χ4v) is 1.83. The molecule has 0 aliphatic rings. The Hall–Kier alpha value is -0.370. The van der Waals surface area contributed by atoms with E-state index in [0.29, 0.717) is 11.8 Å². The summed E-state index contributed by atoms with van der Waals surface area (Å²) in [5.41, 5.74) is 1.23. The monoisotopic (exact) mass is 169 g/mol. The van der Waals surface area contributed by atoms with Crippen molar-refractivity contribution in [2.24, 2.45) is 0 Å². The van der Waals surface area contributed by atoms with E-state index in [1.54, 1.807) is 11.3 Å². The first-order valence-corrected chi connectivity index (χ1v) is 4.94. The van der Waals surface area contributed by atoms with Gasteiger partial charge in [0.15, 0.2) is 0 Å². The SMILES string of the molecule is CC(C)c1csc(C(C)C)n1. The molecule has 0 unspecified atom stereocenters. The van der Waals surface area contributed by atoms with Crippen LogP contribution in [0.2, 0.25) is 0 Å². The average molecular weight is 169 g/mol. The molecule has 0 saturated heterocycles. The molecule has 2 heteroatoms. The molecule has 0 amide bonds. The van der Waals surface area contributed by atoms with Crippen molar-refractivity contribution in [3.8, 4) is 0 Å². The number of hydrogen-bond donors (Lipinski definition) is 0. The number of aromatic nitrogens is 1. The zero-order valence-corrected chi connectivity index (χ0v) is 8.40. The van der Waals surface area contributed by atoms with Crippen LogP contribution in [0.5, 0.6) is 0 Å². The van der Waals surface area contributed by atoms with E-state index < -0.39 is 0 Å². The topological polar surface area (TPSA) is 12.9 Å².